The minimum atomic E-state index is -0.214. The van der Waals surface area contributed by atoms with Crippen molar-refractivity contribution in [3.63, 3.8) is 0 Å². The largest absolute Gasteiger partial charge is 0.392 e. The van der Waals surface area contributed by atoms with Crippen molar-refractivity contribution in [2.45, 2.75) is 58.7 Å². The topological polar surface area (TPSA) is 53.3 Å². The quantitative estimate of drug-likeness (QED) is 0.842. The maximum Gasteiger partial charge on any atom is 0.0639 e. The molecular weight excluding hydrogens is 276 g/mol. The normalized spacial score (nSPS) is 19.5. The van der Waals surface area contributed by atoms with Crippen LogP contribution in [0.4, 0.5) is 0 Å². The lowest BCUT2D eigenvalue weighted by atomic mass is 9.96. The second kappa shape index (κ2) is 7.57. The summed E-state index contributed by atoms with van der Waals surface area (Å²) in [6.45, 7) is 13.4. The van der Waals surface area contributed by atoms with Crippen LogP contribution in [0.1, 0.15) is 46.1 Å². The number of aromatic nitrogens is 2. The number of hydrogen-bond acceptors (Lipinski definition) is 4. The molecule has 0 spiro atoms. The summed E-state index contributed by atoms with van der Waals surface area (Å²) in [5.74, 6) is 0.753. The zero-order valence-corrected chi connectivity index (χ0v) is 14.5. The van der Waals surface area contributed by atoms with Gasteiger partial charge in [-0.2, -0.15) is 5.10 Å². The maximum absolute atomic E-state index is 9.44. The van der Waals surface area contributed by atoms with Crippen LogP contribution in [0, 0.1) is 5.92 Å². The summed E-state index contributed by atoms with van der Waals surface area (Å²) in [6.07, 6.45) is 6.33. The van der Waals surface area contributed by atoms with Crippen LogP contribution in [-0.4, -0.2) is 52.1 Å². The highest BCUT2D eigenvalue weighted by Crippen LogP contribution is 2.17. The number of hydrogen-bond donors (Lipinski definition) is 2. The van der Waals surface area contributed by atoms with E-state index >= 15 is 0 Å². The first-order valence-corrected chi connectivity index (χ1v) is 8.50. The SMILES string of the molecule is C[C@H](O)CN1CCC(CNCc2cnn(C(C)(C)C)c2)CC1. The average molecular weight is 308 g/mol. The van der Waals surface area contributed by atoms with Gasteiger partial charge in [-0.25, -0.2) is 0 Å². The predicted octanol–water partition coefficient (Wildman–Crippen LogP) is 1.82. The predicted molar refractivity (Wildman–Crippen MR) is 89.8 cm³/mol. The molecule has 0 radical (unpaired) electrons. The number of aliphatic hydroxyl groups is 1. The molecule has 0 bridgehead atoms. The van der Waals surface area contributed by atoms with Gasteiger partial charge in [0.05, 0.1) is 17.8 Å². The third-order valence-electron chi connectivity index (χ3n) is 4.32. The minimum absolute atomic E-state index is 0.0505. The molecule has 1 fully saturated rings. The Kier molecular flexibility index (Phi) is 6.01. The van der Waals surface area contributed by atoms with Gasteiger partial charge in [-0.05, 0) is 66.1 Å². The molecule has 5 nitrogen and oxygen atoms in total. The second-order valence-corrected chi connectivity index (χ2v) is 7.69. The lowest BCUT2D eigenvalue weighted by Crippen LogP contribution is -2.40. The van der Waals surface area contributed by atoms with Gasteiger partial charge in [-0.15, -0.1) is 0 Å². The van der Waals surface area contributed by atoms with Gasteiger partial charge in [0.15, 0.2) is 0 Å². The zero-order valence-electron chi connectivity index (χ0n) is 14.5. The maximum atomic E-state index is 9.44. The summed E-state index contributed by atoms with van der Waals surface area (Å²) in [6, 6.07) is 0. The third kappa shape index (κ3) is 5.38. The number of aliphatic hydroxyl groups excluding tert-OH is 1. The summed E-state index contributed by atoms with van der Waals surface area (Å²) >= 11 is 0. The molecule has 5 heteroatoms. The fraction of sp³-hybridized carbons (Fsp3) is 0.824. The van der Waals surface area contributed by atoms with Crippen LogP contribution in [-0.2, 0) is 12.1 Å². The first-order valence-electron chi connectivity index (χ1n) is 8.50. The van der Waals surface area contributed by atoms with E-state index in [1.807, 2.05) is 17.8 Å². The number of nitrogens with zero attached hydrogens (tertiary/aromatic N) is 3. The molecule has 0 unspecified atom stereocenters. The Morgan fingerprint density at radius 3 is 2.59 bits per heavy atom. The van der Waals surface area contributed by atoms with E-state index in [9.17, 15) is 5.11 Å². The lowest BCUT2D eigenvalue weighted by Gasteiger charge is -2.32. The van der Waals surface area contributed by atoms with E-state index < -0.39 is 0 Å². The Hall–Kier alpha value is -0.910. The summed E-state index contributed by atoms with van der Waals surface area (Å²) in [5.41, 5.74) is 1.30. The van der Waals surface area contributed by atoms with Crippen LogP contribution in [0.25, 0.3) is 0 Å². The lowest BCUT2D eigenvalue weighted by molar-refractivity contribution is 0.0998. The van der Waals surface area contributed by atoms with Crippen molar-refractivity contribution in [1.82, 2.24) is 20.0 Å². The Bertz CT molecular complexity index is 442. The van der Waals surface area contributed by atoms with Crippen molar-refractivity contribution in [2.24, 2.45) is 5.92 Å². The van der Waals surface area contributed by atoms with Crippen molar-refractivity contribution in [3.05, 3.63) is 18.0 Å². The number of piperidine rings is 1. The molecule has 1 aromatic heterocycles. The molecule has 1 aliphatic rings. The standard InChI is InChI=1S/C17H32N4O/c1-14(22)12-20-7-5-15(6-8-20)9-18-10-16-11-19-21(13-16)17(2,3)4/h11,13-15,18,22H,5-10,12H2,1-4H3/t14-/m0/s1. The molecule has 1 aromatic rings. The van der Waals surface area contributed by atoms with Crippen LogP contribution < -0.4 is 5.32 Å². The van der Waals surface area contributed by atoms with Gasteiger partial charge in [0.1, 0.15) is 0 Å². The fourth-order valence-corrected chi connectivity index (χ4v) is 2.99. The van der Waals surface area contributed by atoms with Gasteiger partial charge < -0.3 is 15.3 Å². The van der Waals surface area contributed by atoms with Gasteiger partial charge in [-0.3, -0.25) is 4.68 Å². The van der Waals surface area contributed by atoms with Crippen molar-refractivity contribution < 1.29 is 5.11 Å². The van der Waals surface area contributed by atoms with E-state index in [1.54, 1.807) is 0 Å². The van der Waals surface area contributed by atoms with Crippen LogP contribution >= 0.6 is 0 Å². The molecule has 2 heterocycles. The Morgan fingerprint density at radius 2 is 2.05 bits per heavy atom. The van der Waals surface area contributed by atoms with Gasteiger partial charge in [0.2, 0.25) is 0 Å². The molecule has 1 aliphatic heterocycles. The van der Waals surface area contributed by atoms with Crippen molar-refractivity contribution in [1.29, 1.82) is 0 Å². The van der Waals surface area contributed by atoms with Gasteiger partial charge >= 0.3 is 0 Å². The number of rotatable bonds is 6. The molecule has 2 rings (SSSR count). The fourth-order valence-electron chi connectivity index (χ4n) is 2.99. The Labute approximate surface area is 134 Å². The number of β-amino-alcohol motifs (C(OH)–C–C–N with tert-alkyl or cyclic N) is 1. The van der Waals surface area contributed by atoms with E-state index in [0.29, 0.717) is 0 Å². The highest BCUT2D eigenvalue weighted by molar-refractivity contribution is 5.04. The van der Waals surface area contributed by atoms with Gasteiger partial charge in [0.25, 0.3) is 0 Å². The van der Waals surface area contributed by atoms with Crippen molar-refractivity contribution >= 4 is 0 Å². The van der Waals surface area contributed by atoms with E-state index in [0.717, 1.165) is 38.6 Å². The molecule has 22 heavy (non-hydrogen) atoms. The number of nitrogens with one attached hydrogen (secondary N) is 1. The smallest absolute Gasteiger partial charge is 0.0639 e. The first kappa shape index (κ1) is 17.4. The minimum Gasteiger partial charge on any atom is -0.392 e. The van der Waals surface area contributed by atoms with Crippen LogP contribution in [0.15, 0.2) is 12.4 Å². The van der Waals surface area contributed by atoms with Crippen LogP contribution in [0.5, 0.6) is 0 Å². The van der Waals surface area contributed by atoms with E-state index in [1.165, 1.54) is 18.4 Å². The molecule has 0 amide bonds. The summed E-state index contributed by atoms with van der Waals surface area (Å²) < 4.78 is 2.03. The van der Waals surface area contributed by atoms with Gasteiger partial charge in [0, 0.05) is 24.8 Å². The molecule has 2 N–H and O–H groups in total. The van der Waals surface area contributed by atoms with Gasteiger partial charge in [-0.1, -0.05) is 0 Å². The van der Waals surface area contributed by atoms with E-state index in [2.05, 4.69) is 42.3 Å². The first-order chi connectivity index (χ1) is 10.3. The molecule has 0 aliphatic carbocycles. The molecular formula is C17H32N4O. The molecule has 126 valence electrons. The van der Waals surface area contributed by atoms with Crippen molar-refractivity contribution in [2.75, 3.05) is 26.2 Å². The summed E-state index contributed by atoms with van der Waals surface area (Å²) in [5, 5.41) is 17.4. The second-order valence-electron chi connectivity index (χ2n) is 7.69. The Morgan fingerprint density at radius 1 is 1.36 bits per heavy atom. The highest BCUT2D eigenvalue weighted by Gasteiger charge is 2.19. The Balaban J connectivity index is 1.66. The summed E-state index contributed by atoms with van der Waals surface area (Å²) in [4.78, 5) is 2.37. The van der Waals surface area contributed by atoms with Crippen LogP contribution in [0.2, 0.25) is 0 Å². The molecule has 1 saturated heterocycles. The summed E-state index contributed by atoms with van der Waals surface area (Å²) in [7, 11) is 0. The highest BCUT2D eigenvalue weighted by atomic mass is 16.3. The van der Waals surface area contributed by atoms with E-state index in [-0.39, 0.29) is 11.6 Å². The monoisotopic (exact) mass is 308 g/mol. The average Bonchev–Trinajstić information content (AvgIpc) is 2.89. The van der Waals surface area contributed by atoms with Crippen LogP contribution in [0.3, 0.4) is 0 Å². The third-order valence-corrected chi connectivity index (χ3v) is 4.32. The molecule has 0 saturated carbocycles. The van der Waals surface area contributed by atoms with E-state index in [4.69, 9.17) is 0 Å². The zero-order chi connectivity index (χ0) is 16.2. The molecule has 1 atom stereocenters. The molecule has 0 aromatic carbocycles. The van der Waals surface area contributed by atoms with Crippen molar-refractivity contribution in [3.8, 4) is 0 Å². The number of likely N-dealkylation sites (tertiary alicyclic amines) is 1.